The molecule has 3 rings (SSSR count). The molecule has 0 radical (unpaired) electrons. The zero-order valence-electron chi connectivity index (χ0n) is 21.5. The van der Waals surface area contributed by atoms with Crippen molar-refractivity contribution in [3.63, 3.8) is 0 Å². The van der Waals surface area contributed by atoms with Crippen LogP contribution < -0.4 is 10.1 Å². The van der Waals surface area contributed by atoms with Crippen LogP contribution in [-0.2, 0) is 29.0 Å². The summed E-state index contributed by atoms with van der Waals surface area (Å²) in [4.78, 5) is 28.8. The molecule has 2 atom stereocenters. The van der Waals surface area contributed by atoms with E-state index >= 15 is 0 Å². The lowest BCUT2D eigenvalue weighted by molar-refractivity contribution is -0.143. The van der Waals surface area contributed by atoms with Crippen molar-refractivity contribution in [3.05, 3.63) is 99.5 Å². The van der Waals surface area contributed by atoms with Gasteiger partial charge in [0.15, 0.2) is 6.61 Å². The Balaban J connectivity index is 1.92. The lowest BCUT2D eigenvalue weighted by Crippen LogP contribution is -2.53. The van der Waals surface area contributed by atoms with Gasteiger partial charge in [-0.3, -0.25) is 9.59 Å². The zero-order chi connectivity index (χ0) is 26.8. The summed E-state index contributed by atoms with van der Waals surface area (Å²) in [6, 6.07) is 21.7. The number of carbonyl (C=O) groups excluding carboxylic acids is 2. The number of hydrogen-bond acceptors (Lipinski definition) is 3. The summed E-state index contributed by atoms with van der Waals surface area (Å²) in [5.41, 5.74) is 2.83. The van der Waals surface area contributed by atoms with Crippen LogP contribution in [0.15, 0.2) is 72.8 Å². The Morgan fingerprint density at radius 3 is 2.27 bits per heavy atom. The second-order valence-corrected chi connectivity index (χ2v) is 9.91. The lowest BCUT2D eigenvalue weighted by Gasteiger charge is -2.32. The molecule has 0 aliphatic rings. The zero-order valence-corrected chi connectivity index (χ0v) is 23.1. The maximum atomic E-state index is 13.7. The fraction of sp³-hybridized carbons (Fsp3) is 0.333. The van der Waals surface area contributed by atoms with Gasteiger partial charge in [-0.1, -0.05) is 85.6 Å². The summed E-state index contributed by atoms with van der Waals surface area (Å²) in [5.74, 6) is 0.0634. The average molecular weight is 542 g/mol. The largest absolute Gasteiger partial charge is 0.484 e. The fourth-order valence-corrected chi connectivity index (χ4v) is 4.35. The molecule has 3 aromatic carbocycles. The Morgan fingerprint density at radius 2 is 1.65 bits per heavy atom. The normalized spacial score (nSPS) is 12.5. The van der Waals surface area contributed by atoms with Crippen LogP contribution in [0.25, 0.3) is 0 Å². The van der Waals surface area contributed by atoms with Gasteiger partial charge in [0.1, 0.15) is 11.8 Å². The minimum atomic E-state index is -0.762. The number of nitrogens with one attached hydrogen (secondary N) is 1. The highest BCUT2D eigenvalue weighted by Gasteiger charge is 2.31. The van der Waals surface area contributed by atoms with Crippen molar-refractivity contribution in [3.8, 4) is 5.75 Å². The summed E-state index contributed by atoms with van der Waals surface area (Å²) in [6.45, 7) is 5.96. The predicted molar refractivity (Wildman–Crippen MR) is 150 cm³/mol. The van der Waals surface area contributed by atoms with E-state index in [1.54, 1.807) is 23.1 Å². The monoisotopic (exact) mass is 540 g/mol. The third-order valence-electron chi connectivity index (χ3n) is 6.32. The summed E-state index contributed by atoms with van der Waals surface area (Å²) in [7, 11) is 0. The summed E-state index contributed by atoms with van der Waals surface area (Å²) in [5, 5.41) is 3.99. The molecule has 0 heterocycles. The van der Waals surface area contributed by atoms with E-state index in [1.807, 2.05) is 68.4 Å². The lowest BCUT2D eigenvalue weighted by atomic mass is 10.0. The highest BCUT2D eigenvalue weighted by molar-refractivity contribution is 6.35. The first-order valence-corrected chi connectivity index (χ1v) is 13.4. The van der Waals surface area contributed by atoms with E-state index in [1.165, 1.54) is 5.56 Å². The summed E-state index contributed by atoms with van der Waals surface area (Å²) >= 11 is 12.6. The van der Waals surface area contributed by atoms with E-state index in [9.17, 15) is 9.59 Å². The number of halogens is 2. The molecular formula is C30H34Cl2N2O3. The second-order valence-electron chi connectivity index (χ2n) is 9.07. The molecule has 3 aromatic rings. The van der Waals surface area contributed by atoms with E-state index in [0.717, 1.165) is 18.4 Å². The first-order chi connectivity index (χ1) is 17.8. The molecule has 0 saturated heterocycles. The van der Waals surface area contributed by atoms with Gasteiger partial charge >= 0.3 is 0 Å². The van der Waals surface area contributed by atoms with Gasteiger partial charge in [-0.05, 0) is 60.7 Å². The third-order valence-corrected chi connectivity index (χ3v) is 6.91. The first-order valence-electron chi connectivity index (χ1n) is 12.6. The van der Waals surface area contributed by atoms with E-state index < -0.39 is 6.04 Å². The Hall–Kier alpha value is -3.02. The number of nitrogens with zero attached hydrogens (tertiary/aromatic N) is 1. The van der Waals surface area contributed by atoms with Crippen molar-refractivity contribution < 1.29 is 14.3 Å². The predicted octanol–water partition coefficient (Wildman–Crippen LogP) is 6.49. The molecular weight excluding hydrogens is 507 g/mol. The van der Waals surface area contributed by atoms with Gasteiger partial charge in [-0.15, -0.1) is 0 Å². The molecule has 37 heavy (non-hydrogen) atoms. The van der Waals surface area contributed by atoms with Crippen LogP contribution in [0, 0.1) is 0 Å². The van der Waals surface area contributed by atoms with Gasteiger partial charge in [-0.25, -0.2) is 0 Å². The van der Waals surface area contributed by atoms with Gasteiger partial charge in [0.05, 0.1) is 0 Å². The number of carbonyl (C=O) groups is 2. The molecule has 7 heteroatoms. The quantitative estimate of drug-likeness (QED) is 0.285. The van der Waals surface area contributed by atoms with Crippen LogP contribution in [-0.4, -0.2) is 35.4 Å². The van der Waals surface area contributed by atoms with E-state index in [4.69, 9.17) is 27.9 Å². The van der Waals surface area contributed by atoms with Gasteiger partial charge in [0, 0.05) is 29.1 Å². The van der Waals surface area contributed by atoms with Crippen LogP contribution in [0.3, 0.4) is 0 Å². The van der Waals surface area contributed by atoms with Crippen LogP contribution in [0.2, 0.25) is 10.0 Å². The van der Waals surface area contributed by atoms with Crippen molar-refractivity contribution in [1.82, 2.24) is 10.2 Å². The molecule has 1 N–H and O–H groups in total. The number of amides is 2. The van der Waals surface area contributed by atoms with Crippen LogP contribution >= 0.6 is 23.2 Å². The summed E-state index contributed by atoms with van der Waals surface area (Å²) < 4.78 is 5.84. The smallest absolute Gasteiger partial charge is 0.261 e. The number of rotatable bonds is 12. The minimum Gasteiger partial charge on any atom is -0.484 e. The van der Waals surface area contributed by atoms with Gasteiger partial charge in [0.25, 0.3) is 5.91 Å². The maximum absolute atomic E-state index is 13.7. The average Bonchev–Trinajstić information content (AvgIpc) is 2.91. The van der Waals surface area contributed by atoms with Gasteiger partial charge in [-0.2, -0.15) is 0 Å². The molecule has 5 nitrogen and oxygen atoms in total. The molecule has 0 aliphatic carbocycles. The molecule has 0 aromatic heterocycles. The number of benzene rings is 3. The molecule has 0 aliphatic heterocycles. The first kappa shape index (κ1) is 28.5. The maximum Gasteiger partial charge on any atom is 0.261 e. The van der Waals surface area contributed by atoms with Gasteiger partial charge < -0.3 is 15.0 Å². The Labute approximate surface area is 229 Å². The van der Waals surface area contributed by atoms with Gasteiger partial charge in [0.2, 0.25) is 5.91 Å². The molecule has 0 unspecified atom stereocenters. The third kappa shape index (κ3) is 8.51. The standard InChI is InChI=1S/C30H34Cl2N2O3/c1-4-21(3)33-30(36)28(17-23-9-7-6-8-10-23)34(19-24-13-14-25(31)18-27(24)32)29(35)20-37-26-15-11-22(5-2)12-16-26/h6-16,18,21,28H,4-5,17,19-20H2,1-3H3,(H,33,36)/t21-,28+/m1/s1. The fourth-order valence-electron chi connectivity index (χ4n) is 3.88. The Kier molecular flexibility index (Phi) is 10.8. The van der Waals surface area contributed by atoms with Crippen molar-refractivity contribution in [2.24, 2.45) is 0 Å². The SMILES string of the molecule is CCc1ccc(OCC(=O)N(Cc2ccc(Cl)cc2Cl)[C@@H](Cc2ccccc2)C(=O)N[C@H](C)CC)cc1. The number of hydrogen-bond donors (Lipinski definition) is 1. The van der Waals surface area contributed by atoms with Crippen LogP contribution in [0.4, 0.5) is 0 Å². The van der Waals surface area contributed by atoms with Crippen LogP contribution in [0.1, 0.15) is 43.9 Å². The van der Waals surface area contributed by atoms with Crippen molar-refractivity contribution in [2.75, 3.05) is 6.61 Å². The summed E-state index contributed by atoms with van der Waals surface area (Å²) in [6.07, 6.45) is 2.05. The topological polar surface area (TPSA) is 58.6 Å². The molecule has 196 valence electrons. The van der Waals surface area contributed by atoms with Crippen molar-refractivity contribution in [2.45, 2.75) is 58.7 Å². The molecule has 0 spiro atoms. The number of aryl methyl sites for hydroxylation is 1. The molecule has 0 fully saturated rings. The van der Waals surface area contributed by atoms with E-state index in [-0.39, 0.29) is 31.0 Å². The highest BCUT2D eigenvalue weighted by Crippen LogP contribution is 2.24. The molecule has 0 bridgehead atoms. The number of ether oxygens (including phenoxy) is 1. The Bertz CT molecular complexity index is 1170. The second kappa shape index (κ2) is 14.1. The van der Waals surface area contributed by atoms with E-state index in [2.05, 4.69) is 12.2 Å². The Morgan fingerprint density at radius 1 is 0.946 bits per heavy atom. The highest BCUT2D eigenvalue weighted by atomic mass is 35.5. The molecule has 0 saturated carbocycles. The van der Waals surface area contributed by atoms with Crippen molar-refractivity contribution >= 4 is 35.0 Å². The van der Waals surface area contributed by atoms with Crippen molar-refractivity contribution in [1.29, 1.82) is 0 Å². The minimum absolute atomic E-state index is 0.0322. The molecule has 2 amide bonds. The van der Waals surface area contributed by atoms with Crippen LogP contribution in [0.5, 0.6) is 5.75 Å². The van der Waals surface area contributed by atoms with E-state index in [0.29, 0.717) is 27.8 Å².